The topological polar surface area (TPSA) is 27.0 Å². The minimum atomic E-state index is 0.438. The molecule has 4 heteroatoms. The molecule has 2 rings (SSSR count). The Kier molecular flexibility index (Phi) is 3.98. The van der Waals surface area contributed by atoms with Gasteiger partial charge in [0.2, 0.25) is 0 Å². The van der Waals surface area contributed by atoms with E-state index in [1.807, 2.05) is 23.9 Å². The van der Waals surface area contributed by atoms with Crippen molar-refractivity contribution in [3.63, 3.8) is 0 Å². The quantitative estimate of drug-likeness (QED) is 0.715. The van der Waals surface area contributed by atoms with Crippen LogP contribution in [-0.2, 0) is 0 Å². The highest BCUT2D eigenvalue weighted by molar-refractivity contribution is 7.99. The first-order valence-electron chi connectivity index (χ1n) is 5.35. The second kappa shape index (κ2) is 5.47. The number of halogens is 1. The van der Waals surface area contributed by atoms with Crippen molar-refractivity contribution >= 4 is 29.1 Å². The molecule has 1 aromatic carbocycles. The first-order chi connectivity index (χ1) is 7.81. The van der Waals surface area contributed by atoms with Gasteiger partial charge >= 0.3 is 0 Å². The Bertz CT molecular complexity index is 414. The van der Waals surface area contributed by atoms with Crippen molar-refractivity contribution in [1.29, 1.82) is 5.26 Å². The van der Waals surface area contributed by atoms with Gasteiger partial charge in [-0.15, -0.1) is 11.8 Å². The zero-order valence-corrected chi connectivity index (χ0v) is 10.5. The smallest absolute Gasteiger partial charge is 0.105 e. The lowest BCUT2D eigenvalue weighted by molar-refractivity contribution is 0.743. The van der Waals surface area contributed by atoms with Gasteiger partial charge < -0.3 is 4.90 Å². The van der Waals surface area contributed by atoms with Crippen LogP contribution >= 0.6 is 23.4 Å². The molecule has 1 aliphatic rings. The number of hydrogen-bond acceptors (Lipinski definition) is 3. The molecule has 0 saturated carbocycles. The third-order valence-corrected chi connectivity index (χ3v) is 3.99. The molecule has 0 N–H and O–H groups in total. The summed E-state index contributed by atoms with van der Waals surface area (Å²) in [6.07, 6.45) is 2.34. The fraction of sp³-hybridized carbons (Fsp3) is 0.417. The predicted octanol–water partition coefficient (Wildman–Crippen LogP) is 3.56. The summed E-state index contributed by atoms with van der Waals surface area (Å²) in [5.41, 5.74) is 1.11. The Morgan fingerprint density at radius 1 is 1.44 bits per heavy atom. The Morgan fingerprint density at radius 2 is 2.31 bits per heavy atom. The SMILES string of the molecule is N#CCN1CCCCSc2ccc(Cl)cc21. The van der Waals surface area contributed by atoms with Crippen molar-refractivity contribution < 1.29 is 0 Å². The monoisotopic (exact) mass is 252 g/mol. The normalized spacial score (nSPS) is 15.9. The number of nitrogens with zero attached hydrogens (tertiary/aromatic N) is 2. The molecule has 1 heterocycles. The van der Waals surface area contributed by atoms with E-state index in [9.17, 15) is 0 Å². The summed E-state index contributed by atoms with van der Waals surface area (Å²) in [7, 11) is 0. The molecule has 0 saturated heterocycles. The summed E-state index contributed by atoms with van der Waals surface area (Å²) in [6, 6.07) is 8.15. The lowest BCUT2D eigenvalue weighted by Crippen LogP contribution is -2.26. The molecule has 0 radical (unpaired) electrons. The molecule has 1 aliphatic heterocycles. The Labute approximate surface area is 105 Å². The molecule has 0 aliphatic carbocycles. The molecule has 0 bridgehead atoms. The zero-order chi connectivity index (χ0) is 11.4. The van der Waals surface area contributed by atoms with E-state index in [0.717, 1.165) is 29.4 Å². The van der Waals surface area contributed by atoms with E-state index in [0.29, 0.717) is 6.54 Å². The van der Waals surface area contributed by atoms with Crippen LogP contribution in [0.5, 0.6) is 0 Å². The van der Waals surface area contributed by atoms with Crippen LogP contribution in [0.25, 0.3) is 0 Å². The highest BCUT2D eigenvalue weighted by atomic mass is 35.5. The average molecular weight is 253 g/mol. The number of benzene rings is 1. The summed E-state index contributed by atoms with van der Waals surface area (Å²) >= 11 is 7.87. The zero-order valence-electron chi connectivity index (χ0n) is 8.95. The third kappa shape index (κ3) is 2.63. The number of fused-ring (bicyclic) bond motifs is 1. The first-order valence-corrected chi connectivity index (χ1v) is 6.72. The third-order valence-electron chi connectivity index (χ3n) is 2.60. The average Bonchev–Trinajstić information content (AvgIpc) is 2.26. The molecule has 0 fully saturated rings. The minimum absolute atomic E-state index is 0.438. The van der Waals surface area contributed by atoms with Gasteiger partial charge in [0.25, 0.3) is 0 Å². The molecule has 1 aromatic rings. The van der Waals surface area contributed by atoms with Gasteiger partial charge in [-0.1, -0.05) is 11.6 Å². The van der Waals surface area contributed by atoms with Gasteiger partial charge in [0.15, 0.2) is 0 Å². The highest BCUT2D eigenvalue weighted by Crippen LogP contribution is 2.34. The van der Waals surface area contributed by atoms with E-state index in [1.54, 1.807) is 0 Å². The molecule has 0 spiro atoms. The van der Waals surface area contributed by atoms with Crippen LogP contribution in [0, 0.1) is 11.3 Å². The molecule has 0 amide bonds. The highest BCUT2D eigenvalue weighted by Gasteiger charge is 2.14. The molecule has 0 unspecified atom stereocenters. The van der Waals surface area contributed by atoms with Crippen LogP contribution in [0.15, 0.2) is 23.1 Å². The molecular formula is C12H13ClN2S. The Balaban J connectivity index is 2.36. The van der Waals surface area contributed by atoms with Gasteiger partial charge in [0.05, 0.1) is 11.8 Å². The lowest BCUT2D eigenvalue weighted by Gasteiger charge is -2.26. The molecule has 84 valence electrons. The van der Waals surface area contributed by atoms with E-state index >= 15 is 0 Å². The largest absolute Gasteiger partial charge is 0.357 e. The van der Waals surface area contributed by atoms with Crippen molar-refractivity contribution in [3.8, 4) is 6.07 Å². The Hall–Kier alpha value is -0.850. The number of hydrogen-bond donors (Lipinski definition) is 0. The van der Waals surface area contributed by atoms with Gasteiger partial charge in [-0.3, -0.25) is 0 Å². The maximum absolute atomic E-state index is 8.84. The van der Waals surface area contributed by atoms with Gasteiger partial charge in [-0.25, -0.2) is 0 Å². The maximum atomic E-state index is 8.84. The number of thioether (sulfide) groups is 1. The first kappa shape index (κ1) is 11.6. The fourth-order valence-corrected chi connectivity index (χ4v) is 3.05. The molecular weight excluding hydrogens is 240 g/mol. The van der Waals surface area contributed by atoms with Crippen LogP contribution in [0.2, 0.25) is 5.02 Å². The fourth-order valence-electron chi connectivity index (χ4n) is 1.82. The van der Waals surface area contributed by atoms with Gasteiger partial charge in [-0.2, -0.15) is 5.26 Å². The van der Waals surface area contributed by atoms with E-state index < -0.39 is 0 Å². The van der Waals surface area contributed by atoms with E-state index in [2.05, 4.69) is 17.0 Å². The molecule has 16 heavy (non-hydrogen) atoms. The predicted molar refractivity (Wildman–Crippen MR) is 69.2 cm³/mol. The van der Waals surface area contributed by atoms with Gasteiger partial charge in [0, 0.05) is 16.5 Å². The standard InChI is InChI=1S/C12H13ClN2S/c13-10-3-4-12-11(9-10)15(7-5-14)6-1-2-8-16-12/h3-4,9H,1-2,6-8H2. The van der Waals surface area contributed by atoms with Crippen molar-refractivity contribution in [2.75, 3.05) is 23.7 Å². The van der Waals surface area contributed by atoms with Crippen LogP contribution in [-0.4, -0.2) is 18.8 Å². The summed E-state index contributed by atoms with van der Waals surface area (Å²) in [6.45, 7) is 1.38. The van der Waals surface area contributed by atoms with Crippen molar-refractivity contribution in [1.82, 2.24) is 0 Å². The van der Waals surface area contributed by atoms with E-state index in [1.165, 1.54) is 11.3 Å². The summed E-state index contributed by atoms with van der Waals surface area (Å²) < 4.78 is 0. The number of nitriles is 1. The number of rotatable bonds is 1. The van der Waals surface area contributed by atoms with E-state index in [-0.39, 0.29) is 0 Å². The summed E-state index contributed by atoms with van der Waals surface area (Å²) in [4.78, 5) is 3.35. The van der Waals surface area contributed by atoms with Crippen molar-refractivity contribution in [2.24, 2.45) is 0 Å². The van der Waals surface area contributed by atoms with Crippen LogP contribution in [0.4, 0.5) is 5.69 Å². The summed E-state index contributed by atoms with van der Waals surface area (Å²) in [5, 5.41) is 9.58. The van der Waals surface area contributed by atoms with E-state index in [4.69, 9.17) is 16.9 Å². The van der Waals surface area contributed by atoms with Crippen LogP contribution in [0.3, 0.4) is 0 Å². The minimum Gasteiger partial charge on any atom is -0.357 e. The molecule has 0 atom stereocenters. The van der Waals surface area contributed by atoms with Gasteiger partial charge in [-0.05, 0) is 36.8 Å². The Morgan fingerprint density at radius 3 is 3.12 bits per heavy atom. The lowest BCUT2D eigenvalue weighted by atomic mass is 10.2. The summed E-state index contributed by atoms with van der Waals surface area (Å²) in [5.74, 6) is 1.15. The molecule has 0 aromatic heterocycles. The molecule has 2 nitrogen and oxygen atoms in total. The van der Waals surface area contributed by atoms with Crippen LogP contribution < -0.4 is 4.90 Å². The second-order valence-electron chi connectivity index (χ2n) is 3.75. The van der Waals surface area contributed by atoms with Crippen molar-refractivity contribution in [3.05, 3.63) is 23.2 Å². The van der Waals surface area contributed by atoms with Gasteiger partial charge in [0.1, 0.15) is 6.54 Å². The number of anilines is 1. The van der Waals surface area contributed by atoms with Crippen LogP contribution in [0.1, 0.15) is 12.8 Å². The van der Waals surface area contributed by atoms with Crippen molar-refractivity contribution in [2.45, 2.75) is 17.7 Å². The second-order valence-corrected chi connectivity index (χ2v) is 5.32. The maximum Gasteiger partial charge on any atom is 0.105 e.